The molecule has 0 aromatic rings. The van der Waals surface area contributed by atoms with Gasteiger partial charge in [-0.05, 0) is 76.9 Å². The Morgan fingerprint density at radius 3 is 2.48 bits per heavy atom. The number of nitrogens with one attached hydrogen (secondary N) is 1. The third kappa shape index (κ3) is 3.46. The number of piperidine rings is 1. The van der Waals surface area contributed by atoms with Crippen molar-refractivity contribution in [2.45, 2.75) is 81.9 Å². The molecule has 1 atom stereocenters. The zero-order chi connectivity index (χ0) is 14.1. The lowest BCUT2D eigenvalue weighted by Gasteiger charge is -2.45. The lowest BCUT2D eigenvalue weighted by Crippen LogP contribution is -2.50. The number of nitrogens with zero attached hydrogens (tertiary/aromatic N) is 1. The largest absolute Gasteiger partial charge is 0.375 e. The maximum atomic E-state index is 6.20. The second kappa shape index (κ2) is 6.17. The summed E-state index contributed by atoms with van der Waals surface area (Å²) in [5.74, 6) is 0.933. The minimum atomic E-state index is 0.285. The molecule has 2 saturated heterocycles. The van der Waals surface area contributed by atoms with E-state index >= 15 is 0 Å². The summed E-state index contributed by atoms with van der Waals surface area (Å²) in [7, 11) is 0. The highest BCUT2D eigenvalue weighted by Gasteiger charge is 2.41. The number of ether oxygens (including phenoxy) is 1. The van der Waals surface area contributed by atoms with E-state index in [0.717, 1.165) is 24.6 Å². The van der Waals surface area contributed by atoms with Crippen molar-refractivity contribution in [1.29, 1.82) is 0 Å². The van der Waals surface area contributed by atoms with Crippen LogP contribution in [0.3, 0.4) is 0 Å². The Labute approximate surface area is 129 Å². The molecule has 4 aliphatic rings. The molecule has 0 aromatic carbocycles. The van der Waals surface area contributed by atoms with Crippen molar-refractivity contribution in [3.63, 3.8) is 0 Å². The van der Waals surface area contributed by atoms with Gasteiger partial charge in [-0.15, -0.1) is 0 Å². The van der Waals surface area contributed by atoms with Crippen LogP contribution in [0.25, 0.3) is 0 Å². The Morgan fingerprint density at radius 2 is 1.76 bits per heavy atom. The van der Waals surface area contributed by atoms with E-state index in [1.54, 1.807) is 0 Å². The van der Waals surface area contributed by atoms with Gasteiger partial charge in [0.2, 0.25) is 0 Å². The summed E-state index contributed by atoms with van der Waals surface area (Å²) in [6.45, 7) is 4.94. The van der Waals surface area contributed by atoms with E-state index < -0.39 is 0 Å². The molecular weight excluding hydrogens is 260 g/mol. The van der Waals surface area contributed by atoms with Crippen LogP contribution in [-0.4, -0.2) is 48.8 Å². The van der Waals surface area contributed by atoms with Gasteiger partial charge in [0.05, 0.1) is 5.60 Å². The zero-order valence-electron chi connectivity index (χ0n) is 13.5. The van der Waals surface area contributed by atoms with Crippen LogP contribution in [-0.2, 0) is 4.74 Å². The van der Waals surface area contributed by atoms with Gasteiger partial charge in [-0.1, -0.05) is 12.8 Å². The predicted octanol–water partition coefficient (Wildman–Crippen LogP) is 2.94. The molecule has 4 fully saturated rings. The summed E-state index contributed by atoms with van der Waals surface area (Å²) in [5, 5.41) is 3.72. The van der Waals surface area contributed by atoms with Crippen molar-refractivity contribution in [3.8, 4) is 0 Å². The van der Waals surface area contributed by atoms with Gasteiger partial charge >= 0.3 is 0 Å². The second-order valence-electron chi connectivity index (χ2n) is 8.05. The van der Waals surface area contributed by atoms with Crippen LogP contribution in [0.5, 0.6) is 0 Å². The predicted molar refractivity (Wildman–Crippen MR) is 85.5 cm³/mol. The van der Waals surface area contributed by atoms with Gasteiger partial charge in [0.15, 0.2) is 0 Å². The van der Waals surface area contributed by atoms with Crippen LogP contribution >= 0.6 is 0 Å². The molecule has 1 unspecified atom stereocenters. The third-order valence-electron chi connectivity index (χ3n) is 6.42. The number of hydrogen-bond donors (Lipinski definition) is 1. The van der Waals surface area contributed by atoms with Crippen LogP contribution < -0.4 is 5.32 Å². The molecule has 0 aromatic heterocycles. The van der Waals surface area contributed by atoms with Crippen molar-refractivity contribution in [2.75, 3.05) is 26.2 Å². The van der Waals surface area contributed by atoms with Crippen LogP contribution in [0.2, 0.25) is 0 Å². The normalized spacial score (nSPS) is 34.6. The van der Waals surface area contributed by atoms with E-state index in [9.17, 15) is 0 Å². The SMILES string of the molecule is C1CCC2(C1)CC(N1CCC(CNC3CC3)CC1)CCO2. The average Bonchev–Trinajstić information content (AvgIpc) is 3.26. The summed E-state index contributed by atoms with van der Waals surface area (Å²) < 4.78 is 6.20. The summed E-state index contributed by atoms with van der Waals surface area (Å²) >= 11 is 0. The second-order valence-corrected chi connectivity index (χ2v) is 8.05. The van der Waals surface area contributed by atoms with E-state index in [1.165, 1.54) is 83.8 Å². The summed E-state index contributed by atoms with van der Waals surface area (Å²) in [4.78, 5) is 2.80. The molecule has 0 radical (unpaired) electrons. The maximum absolute atomic E-state index is 6.20. The molecule has 2 aliphatic carbocycles. The van der Waals surface area contributed by atoms with Gasteiger partial charge in [-0.3, -0.25) is 0 Å². The average molecular weight is 292 g/mol. The standard InChI is InChI=1S/C18H32N2O/c1-2-9-18(8-1)13-17(7-12-21-18)20-10-5-15(6-11-20)14-19-16-3-4-16/h15-17,19H,1-14H2. The fraction of sp³-hybridized carbons (Fsp3) is 1.00. The summed E-state index contributed by atoms with van der Waals surface area (Å²) in [6.07, 6.45) is 13.7. The quantitative estimate of drug-likeness (QED) is 0.862. The third-order valence-corrected chi connectivity index (χ3v) is 6.42. The van der Waals surface area contributed by atoms with Crippen molar-refractivity contribution in [3.05, 3.63) is 0 Å². The van der Waals surface area contributed by atoms with Crippen LogP contribution in [0.15, 0.2) is 0 Å². The fourth-order valence-electron chi connectivity index (χ4n) is 4.82. The van der Waals surface area contributed by atoms with Crippen LogP contribution in [0, 0.1) is 5.92 Å². The summed E-state index contributed by atoms with van der Waals surface area (Å²) in [5.41, 5.74) is 0.285. The van der Waals surface area contributed by atoms with Gasteiger partial charge in [-0.2, -0.15) is 0 Å². The molecule has 3 heteroatoms. The Kier molecular flexibility index (Phi) is 4.25. The maximum Gasteiger partial charge on any atom is 0.0697 e. The number of hydrogen-bond acceptors (Lipinski definition) is 3. The smallest absolute Gasteiger partial charge is 0.0697 e. The van der Waals surface area contributed by atoms with E-state index in [0.29, 0.717) is 0 Å². The lowest BCUT2D eigenvalue weighted by molar-refractivity contribution is -0.104. The van der Waals surface area contributed by atoms with Gasteiger partial charge < -0.3 is 15.0 Å². The lowest BCUT2D eigenvalue weighted by atomic mass is 9.86. The van der Waals surface area contributed by atoms with E-state index in [-0.39, 0.29) is 5.60 Å². The zero-order valence-corrected chi connectivity index (χ0v) is 13.5. The molecule has 0 amide bonds. The monoisotopic (exact) mass is 292 g/mol. The molecule has 21 heavy (non-hydrogen) atoms. The first kappa shape index (κ1) is 14.5. The molecule has 2 heterocycles. The number of likely N-dealkylation sites (tertiary alicyclic amines) is 1. The first-order valence-electron chi connectivity index (χ1n) is 9.44. The minimum absolute atomic E-state index is 0.285. The first-order valence-corrected chi connectivity index (χ1v) is 9.44. The van der Waals surface area contributed by atoms with E-state index in [2.05, 4.69) is 10.2 Å². The Bertz CT molecular complexity index is 341. The van der Waals surface area contributed by atoms with Gasteiger partial charge in [0, 0.05) is 18.7 Å². The van der Waals surface area contributed by atoms with Crippen LogP contribution in [0.4, 0.5) is 0 Å². The van der Waals surface area contributed by atoms with E-state index in [1.807, 2.05) is 0 Å². The fourth-order valence-corrected chi connectivity index (χ4v) is 4.82. The summed E-state index contributed by atoms with van der Waals surface area (Å²) in [6, 6.07) is 1.69. The number of rotatable bonds is 4. The van der Waals surface area contributed by atoms with Crippen molar-refractivity contribution < 1.29 is 4.74 Å². The highest BCUT2D eigenvalue weighted by molar-refractivity contribution is 4.95. The van der Waals surface area contributed by atoms with E-state index in [4.69, 9.17) is 4.74 Å². The highest BCUT2D eigenvalue weighted by Crippen LogP contribution is 2.41. The molecule has 1 N–H and O–H groups in total. The molecule has 1 spiro atoms. The van der Waals surface area contributed by atoms with Gasteiger partial charge in [0.25, 0.3) is 0 Å². The van der Waals surface area contributed by atoms with Crippen molar-refractivity contribution in [1.82, 2.24) is 10.2 Å². The minimum Gasteiger partial charge on any atom is -0.375 e. The first-order chi connectivity index (χ1) is 10.3. The molecule has 2 aliphatic heterocycles. The van der Waals surface area contributed by atoms with Gasteiger partial charge in [0.1, 0.15) is 0 Å². The molecule has 4 rings (SSSR count). The van der Waals surface area contributed by atoms with Crippen molar-refractivity contribution >= 4 is 0 Å². The molecule has 2 saturated carbocycles. The topological polar surface area (TPSA) is 24.5 Å². The van der Waals surface area contributed by atoms with Crippen molar-refractivity contribution in [2.24, 2.45) is 5.92 Å². The molecule has 0 bridgehead atoms. The molecular formula is C18H32N2O. The molecule has 120 valence electrons. The Morgan fingerprint density at radius 1 is 1.00 bits per heavy atom. The molecule has 3 nitrogen and oxygen atoms in total. The Hall–Kier alpha value is -0.120. The van der Waals surface area contributed by atoms with Gasteiger partial charge in [-0.25, -0.2) is 0 Å². The highest BCUT2D eigenvalue weighted by atomic mass is 16.5. The van der Waals surface area contributed by atoms with Crippen LogP contribution in [0.1, 0.15) is 64.2 Å². The Balaban J connectivity index is 1.25.